The number of nitrogens with zero attached hydrogens (tertiary/aromatic N) is 3. The molecule has 24 heavy (non-hydrogen) atoms. The lowest BCUT2D eigenvalue weighted by atomic mass is 10.1. The SMILES string of the molecule is CCN(CC)C(=O)CN(Cc1ccccn1)C1CCCNCC1.Cl. The van der Waals surface area contributed by atoms with Crippen LogP contribution >= 0.6 is 12.4 Å². The summed E-state index contributed by atoms with van der Waals surface area (Å²) in [5, 5.41) is 3.46. The fourth-order valence-electron chi connectivity index (χ4n) is 3.23. The van der Waals surface area contributed by atoms with E-state index in [1.54, 1.807) is 0 Å². The highest BCUT2D eigenvalue weighted by Gasteiger charge is 2.24. The number of pyridine rings is 1. The molecule has 1 aliphatic heterocycles. The minimum absolute atomic E-state index is 0. The molecule has 0 aliphatic carbocycles. The molecule has 1 aromatic rings. The average Bonchev–Trinajstić information content (AvgIpc) is 2.85. The molecular formula is C18H31ClN4O. The minimum Gasteiger partial charge on any atom is -0.342 e. The number of halogens is 1. The Hall–Kier alpha value is -1.17. The van der Waals surface area contributed by atoms with Crippen LogP contribution in [-0.4, -0.2) is 59.5 Å². The van der Waals surface area contributed by atoms with Gasteiger partial charge in [0.1, 0.15) is 0 Å². The van der Waals surface area contributed by atoms with Crippen molar-refractivity contribution >= 4 is 18.3 Å². The monoisotopic (exact) mass is 354 g/mol. The Morgan fingerprint density at radius 1 is 1.25 bits per heavy atom. The van der Waals surface area contributed by atoms with Gasteiger partial charge in [0, 0.05) is 31.9 Å². The van der Waals surface area contributed by atoms with Crippen molar-refractivity contribution in [3.63, 3.8) is 0 Å². The number of likely N-dealkylation sites (N-methyl/N-ethyl adjacent to an activating group) is 1. The van der Waals surface area contributed by atoms with Gasteiger partial charge >= 0.3 is 0 Å². The van der Waals surface area contributed by atoms with E-state index in [0.29, 0.717) is 12.6 Å². The van der Waals surface area contributed by atoms with Crippen LogP contribution in [0.1, 0.15) is 38.8 Å². The molecule has 1 N–H and O–H groups in total. The van der Waals surface area contributed by atoms with Crippen molar-refractivity contribution in [2.75, 3.05) is 32.7 Å². The summed E-state index contributed by atoms with van der Waals surface area (Å²) in [5.41, 5.74) is 1.04. The first-order valence-electron chi connectivity index (χ1n) is 8.87. The number of aromatic nitrogens is 1. The second-order valence-electron chi connectivity index (χ2n) is 6.13. The van der Waals surface area contributed by atoms with Crippen molar-refractivity contribution in [1.29, 1.82) is 0 Å². The summed E-state index contributed by atoms with van der Waals surface area (Å²) in [6, 6.07) is 6.45. The van der Waals surface area contributed by atoms with Crippen LogP contribution < -0.4 is 5.32 Å². The smallest absolute Gasteiger partial charge is 0.236 e. The van der Waals surface area contributed by atoms with Crippen LogP contribution in [0, 0.1) is 0 Å². The van der Waals surface area contributed by atoms with Crippen LogP contribution in [0.2, 0.25) is 0 Å². The van der Waals surface area contributed by atoms with Crippen molar-refractivity contribution in [3.05, 3.63) is 30.1 Å². The molecule has 2 rings (SSSR count). The molecule has 1 aromatic heterocycles. The number of rotatable bonds is 7. The molecule has 5 nitrogen and oxygen atoms in total. The van der Waals surface area contributed by atoms with Crippen LogP contribution in [0.15, 0.2) is 24.4 Å². The van der Waals surface area contributed by atoms with Crippen molar-refractivity contribution in [2.24, 2.45) is 0 Å². The quantitative estimate of drug-likeness (QED) is 0.816. The molecule has 0 aromatic carbocycles. The Kier molecular flexibility index (Phi) is 9.91. The summed E-state index contributed by atoms with van der Waals surface area (Å²) in [6.07, 6.45) is 5.24. The van der Waals surface area contributed by atoms with Gasteiger partial charge in [-0.05, 0) is 58.3 Å². The Balaban J connectivity index is 0.00000288. The molecule has 1 atom stereocenters. The summed E-state index contributed by atoms with van der Waals surface area (Å²) >= 11 is 0. The second-order valence-corrected chi connectivity index (χ2v) is 6.13. The van der Waals surface area contributed by atoms with Gasteiger partial charge in [-0.3, -0.25) is 14.7 Å². The fraction of sp³-hybridized carbons (Fsp3) is 0.667. The highest BCUT2D eigenvalue weighted by atomic mass is 35.5. The number of nitrogens with one attached hydrogen (secondary N) is 1. The molecule has 0 radical (unpaired) electrons. The standard InChI is InChI=1S/C18H30N4O.ClH/c1-3-21(4-2)18(23)15-22(14-16-8-5-6-12-20-16)17-9-7-11-19-13-10-17;/h5-6,8,12,17,19H,3-4,7,9-11,13-15H2,1-2H3;1H. The molecule has 1 saturated heterocycles. The molecule has 1 amide bonds. The van der Waals surface area contributed by atoms with Gasteiger partial charge in [0.25, 0.3) is 0 Å². The van der Waals surface area contributed by atoms with Crippen LogP contribution in [0.3, 0.4) is 0 Å². The van der Waals surface area contributed by atoms with Gasteiger partial charge in [0.05, 0.1) is 12.2 Å². The lowest BCUT2D eigenvalue weighted by Gasteiger charge is -2.32. The summed E-state index contributed by atoms with van der Waals surface area (Å²) in [7, 11) is 0. The number of hydrogen-bond acceptors (Lipinski definition) is 4. The van der Waals surface area contributed by atoms with Gasteiger partial charge < -0.3 is 10.2 Å². The second kappa shape index (κ2) is 11.4. The summed E-state index contributed by atoms with van der Waals surface area (Å²) in [6.45, 7) is 8.99. The molecule has 0 saturated carbocycles. The van der Waals surface area contributed by atoms with Crippen LogP contribution in [0.25, 0.3) is 0 Å². The maximum Gasteiger partial charge on any atom is 0.236 e. The van der Waals surface area contributed by atoms with Gasteiger partial charge in [0.2, 0.25) is 5.91 Å². The summed E-state index contributed by atoms with van der Waals surface area (Å²) < 4.78 is 0. The zero-order valence-corrected chi connectivity index (χ0v) is 15.7. The fourth-order valence-corrected chi connectivity index (χ4v) is 3.23. The topological polar surface area (TPSA) is 48.5 Å². The van der Waals surface area contributed by atoms with E-state index in [2.05, 4.69) is 15.2 Å². The first-order valence-corrected chi connectivity index (χ1v) is 8.87. The molecule has 0 bridgehead atoms. The lowest BCUT2D eigenvalue weighted by Crippen LogP contribution is -2.44. The normalized spacial score (nSPS) is 17.9. The largest absolute Gasteiger partial charge is 0.342 e. The zero-order valence-electron chi connectivity index (χ0n) is 14.9. The zero-order chi connectivity index (χ0) is 16.5. The number of amides is 1. The van der Waals surface area contributed by atoms with E-state index in [1.807, 2.05) is 43.1 Å². The van der Waals surface area contributed by atoms with E-state index in [1.165, 1.54) is 6.42 Å². The van der Waals surface area contributed by atoms with E-state index in [4.69, 9.17) is 0 Å². The summed E-state index contributed by atoms with van der Waals surface area (Å²) in [4.78, 5) is 21.3. The maximum atomic E-state index is 12.6. The van der Waals surface area contributed by atoms with Gasteiger partial charge in [-0.2, -0.15) is 0 Å². The van der Waals surface area contributed by atoms with Crippen LogP contribution in [0.4, 0.5) is 0 Å². The molecule has 1 fully saturated rings. The molecule has 1 aliphatic rings. The third kappa shape index (κ3) is 6.38. The first kappa shape index (κ1) is 20.9. The van der Waals surface area contributed by atoms with Crippen molar-refractivity contribution < 1.29 is 4.79 Å². The predicted octanol–water partition coefficient (Wildman–Crippen LogP) is 2.32. The maximum absolute atomic E-state index is 12.6. The first-order chi connectivity index (χ1) is 11.2. The molecule has 1 unspecified atom stereocenters. The molecular weight excluding hydrogens is 324 g/mol. The molecule has 136 valence electrons. The van der Waals surface area contributed by atoms with Crippen molar-refractivity contribution in [3.8, 4) is 0 Å². The third-order valence-electron chi connectivity index (χ3n) is 4.61. The highest BCUT2D eigenvalue weighted by molar-refractivity contribution is 5.85. The third-order valence-corrected chi connectivity index (χ3v) is 4.61. The number of hydrogen-bond donors (Lipinski definition) is 1. The Labute approximate surface area is 152 Å². The summed E-state index contributed by atoms with van der Waals surface area (Å²) in [5.74, 6) is 0.225. The Morgan fingerprint density at radius 3 is 2.71 bits per heavy atom. The molecule has 2 heterocycles. The number of carbonyl (C=O) groups excluding carboxylic acids is 1. The van der Waals surface area contributed by atoms with E-state index < -0.39 is 0 Å². The van der Waals surface area contributed by atoms with E-state index in [0.717, 1.165) is 51.3 Å². The van der Waals surface area contributed by atoms with Crippen LogP contribution in [0.5, 0.6) is 0 Å². The van der Waals surface area contributed by atoms with Gasteiger partial charge in [-0.15, -0.1) is 12.4 Å². The Morgan fingerprint density at radius 2 is 2.04 bits per heavy atom. The highest BCUT2D eigenvalue weighted by Crippen LogP contribution is 2.16. The molecule has 0 spiro atoms. The van der Waals surface area contributed by atoms with Crippen molar-refractivity contribution in [2.45, 2.75) is 45.7 Å². The van der Waals surface area contributed by atoms with E-state index >= 15 is 0 Å². The van der Waals surface area contributed by atoms with E-state index in [9.17, 15) is 4.79 Å². The Bertz CT molecular complexity index is 459. The molecule has 6 heteroatoms. The number of carbonyl (C=O) groups is 1. The minimum atomic E-state index is 0. The van der Waals surface area contributed by atoms with Crippen molar-refractivity contribution in [1.82, 2.24) is 20.1 Å². The predicted molar refractivity (Wildman–Crippen MR) is 100 cm³/mol. The van der Waals surface area contributed by atoms with E-state index in [-0.39, 0.29) is 18.3 Å². The van der Waals surface area contributed by atoms with Crippen LogP contribution in [-0.2, 0) is 11.3 Å². The van der Waals surface area contributed by atoms with Gasteiger partial charge in [-0.1, -0.05) is 6.07 Å². The lowest BCUT2D eigenvalue weighted by molar-refractivity contribution is -0.132. The average molecular weight is 355 g/mol. The van der Waals surface area contributed by atoms with Gasteiger partial charge in [-0.25, -0.2) is 0 Å². The van der Waals surface area contributed by atoms with Gasteiger partial charge in [0.15, 0.2) is 0 Å².